The molecule has 1 aliphatic rings. The Kier molecular flexibility index (Phi) is 6.67. The van der Waals surface area contributed by atoms with Crippen LogP contribution in [0.4, 0.5) is 4.79 Å². The summed E-state index contributed by atoms with van der Waals surface area (Å²) < 4.78 is 0. The summed E-state index contributed by atoms with van der Waals surface area (Å²) in [7, 11) is 0. The smallest absolute Gasteiger partial charge is 0.314 e. The number of hydrogen-bond acceptors (Lipinski definition) is 3. The molecule has 3 amide bonds. The fourth-order valence-corrected chi connectivity index (χ4v) is 2.61. The fourth-order valence-electron chi connectivity index (χ4n) is 2.61. The molecule has 1 aliphatic carbocycles. The molecule has 0 bridgehead atoms. The highest BCUT2D eigenvalue weighted by Gasteiger charge is 2.21. The Labute approximate surface area is 131 Å². The number of nitrogens with zero attached hydrogens (tertiary/aromatic N) is 1. The molecule has 0 aliphatic heterocycles. The van der Waals surface area contributed by atoms with Gasteiger partial charge in [-0.25, -0.2) is 4.79 Å². The Morgan fingerprint density at radius 3 is 2.50 bits per heavy atom. The van der Waals surface area contributed by atoms with Gasteiger partial charge in [0.05, 0.1) is 0 Å². The van der Waals surface area contributed by atoms with Crippen LogP contribution in [0.5, 0.6) is 0 Å². The first kappa shape index (κ1) is 16.3. The van der Waals surface area contributed by atoms with Gasteiger partial charge in [-0.05, 0) is 25.0 Å². The molecule has 120 valence electrons. The predicted octanol–water partition coefficient (Wildman–Crippen LogP) is 1.23. The van der Waals surface area contributed by atoms with E-state index >= 15 is 0 Å². The first-order chi connectivity index (χ1) is 10.8. The van der Waals surface area contributed by atoms with Crippen LogP contribution < -0.4 is 16.0 Å². The van der Waals surface area contributed by atoms with E-state index in [9.17, 15) is 9.59 Å². The maximum absolute atomic E-state index is 11.8. The number of nitrogens with one attached hydrogen (secondary N) is 3. The summed E-state index contributed by atoms with van der Waals surface area (Å²) in [6.07, 6.45) is 6.72. The van der Waals surface area contributed by atoms with Crippen molar-refractivity contribution in [3.63, 3.8) is 0 Å². The lowest BCUT2D eigenvalue weighted by Gasteiger charge is -2.11. The van der Waals surface area contributed by atoms with Crippen LogP contribution in [0.1, 0.15) is 31.4 Å². The molecular formula is C16H24N4O2. The van der Waals surface area contributed by atoms with Gasteiger partial charge in [-0.3, -0.25) is 9.78 Å². The Bertz CT molecular complexity index is 472. The topological polar surface area (TPSA) is 83.1 Å². The molecule has 2 rings (SSSR count). The molecule has 1 heterocycles. The zero-order chi connectivity index (χ0) is 15.6. The first-order valence-corrected chi connectivity index (χ1v) is 7.95. The quantitative estimate of drug-likeness (QED) is 0.663. The van der Waals surface area contributed by atoms with E-state index < -0.39 is 0 Å². The zero-order valence-corrected chi connectivity index (χ0v) is 12.8. The third kappa shape index (κ3) is 5.71. The maximum Gasteiger partial charge on any atom is 0.314 e. The lowest BCUT2D eigenvalue weighted by atomic mass is 10.1. The number of rotatable bonds is 7. The van der Waals surface area contributed by atoms with Crippen LogP contribution in [-0.2, 0) is 11.2 Å². The number of pyridine rings is 1. The Hall–Kier alpha value is -2.11. The molecule has 22 heavy (non-hydrogen) atoms. The highest BCUT2D eigenvalue weighted by atomic mass is 16.2. The number of amides is 3. The second kappa shape index (κ2) is 9.02. The van der Waals surface area contributed by atoms with Crippen molar-refractivity contribution in [3.8, 4) is 0 Å². The fraction of sp³-hybridized carbons (Fsp3) is 0.562. The molecule has 1 aromatic heterocycles. The molecule has 0 atom stereocenters. The minimum Gasteiger partial charge on any atom is -0.354 e. The van der Waals surface area contributed by atoms with Gasteiger partial charge in [0, 0.05) is 43.9 Å². The minimum atomic E-state index is -0.217. The number of carbonyl (C=O) groups excluding carboxylic acids is 2. The van der Waals surface area contributed by atoms with E-state index in [2.05, 4.69) is 20.9 Å². The normalized spacial score (nSPS) is 14.5. The second-order valence-corrected chi connectivity index (χ2v) is 5.53. The van der Waals surface area contributed by atoms with Gasteiger partial charge < -0.3 is 16.0 Å². The van der Waals surface area contributed by atoms with Gasteiger partial charge in [0.15, 0.2) is 0 Å². The third-order valence-corrected chi connectivity index (χ3v) is 3.83. The van der Waals surface area contributed by atoms with E-state index in [0.29, 0.717) is 26.1 Å². The Morgan fingerprint density at radius 1 is 1.05 bits per heavy atom. The number of hydrogen-bond donors (Lipinski definition) is 3. The summed E-state index contributed by atoms with van der Waals surface area (Å²) in [5, 5.41) is 8.37. The van der Waals surface area contributed by atoms with Crippen molar-refractivity contribution in [2.75, 3.05) is 19.6 Å². The van der Waals surface area contributed by atoms with Crippen molar-refractivity contribution in [2.45, 2.75) is 32.1 Å². The standard InChI is InChI=1S/C16H24N4O2/c21-15(13-5-1-2-6-13)18-11-12-20-16(22)19-10-8-14-7-3-4-9-17-14/h3-4,7,9,13H,1-2,5-6,8,10-12H2,(H,18,21)(H2,19,20,22). The highest BCUT2D eigenvalue weighted by molar-refractivity contribution is 5.79. The van der Waals surface area contributed by atoms with Gasteiger partial charge in [0.2, 0.25) is 5.91 Å². The van der Waals surface area contributed by atoms with E-state index in [4.69, 9.17) is 0 Å². The van der Waals surface area contributed by atoms with Crippen LogP contribution in [0.25, 0.3) is 0 Å². The van der Waals surface area contributed by atoms with Crippen molar-refractivity contribution >= 4 is 11.9 Å². The predicted molar refractivity (Wildman–Crippen MR) is 84.3 cm³/mol. The van der Waals surface area contributed by atoms with E-state index in [1.54, 1.807) is 6.20 Å². The van der Waals surface area contributed by atoms with Crippen molar-refractivity contribution in [1.29, 1.82) is 0 Å². The highest BCUT2D eigenvalue weighted by Crippen LogP contribution is 2.24. The van der Waals surface area contributed by atoms with Crippen LogP contribution in [0, 0.1) is 5.92 Å². The minimum absolute atomic E-state index is 0.120. The van der Waals surface area contributed by atoms with Gasteiger partial charge in [-0.2, -0.15) is 0 Å². The largest absolute Gasteiger partial charge is 0.354 e. The maximum atomic E-state index is 11.8. The Morgan fingerprint density at radius 2 is 1.77 bits per heavy atom. The van der Waals surface area contributed by atoms with Gasteiger partial charge in [-0.1, -0.05) is 18.9 Å². The lowest BCUT2D eigenvalue weighted by Crippen LogP contribution is -2.41. The summed E-state index contributed by atoms with van der Waals surface area (Å²) in [5.74, 6) is 0.294. The van der Waals surface area contributed by atoms with Gasteiger partial charge >= 0.3 is 6.03 Å². The van der Waals surface area contributed by atoms with Crippen LogP contribution >= 0.6 is 0 Å². The SMILES string of the molecule is O=C(NCCNC(=O)C1CCCC1)NCCc1ccccn1. The van der Waals surface area contributed by atoms with Crippen LogP contribution in [0.2, 0.25) is 0 Å². The molecule has 3 N–H and O–H groups in total. The molecule has 1 fully saturated rings. The van der Waals surface area contributed by atoms with Crippen molar-refractivity contribution in [1.82, 2.24) is 20.9 Å². The molecule has 0 radical (unpaired) electrons. The van der Waals surface area contributed by atoms with E-state index in [1.165, 1.54) is 0 Å². The van der Waals surface area contributed by atoms with Gasteiger partial charge in [0.25, 0.3) is 0 Å². The van der Waals surface area contributed by atoms with Crippen molar-refractivity contribution in [2.24, 2.45) is 5.92 Å². The van der Waals surface area contributed by atoms with E-state index in [0.717, 1.165) is 31.4 Å². The lowest BCUT2D eigenvalue weighted by molar-refractivity contribution is -0.124. The van der Waals surface area contributed by atoms with Crippen molar-refractivity contribution < 1.29 is 9.59 Å². The number of urea groups is 1. The molecule has 0 aromatic carbocycles. The zero-order valence-electron chi connectivity index (χ0n) is 12.8. The molecule has 1 aromatic rings. The summed E-state index contributed by atoms with van der Waals surface area (Å²) in [6.45, 7) is 1.45. The molecule has 6 heteroatoms. The monoisotopic (exact) mass is 304 g/mol. The van der Waals surface area contributed by atoms with Crippen LogP contribution in [0.3, 0.4) is 0 Å². The molecule has 1 saturated carbocycles. The number of carbonyl (C=O) groups is 2. The average Bonchev–Trinajstić information content (AvgIpc) is 3.07. The molecule has 0 saturated heterocycles. The van der Waals surface area contributed by atoms with Gasteiger partial charge in [0.1, 0.15) is 0 Å². The van der Waals surface area contributed by atoms with Crippen molar-refractivity contribution in [3.05, 3.63) is 30.1 Å². The summed E-state index contributed by atoms with van der Waals surface area (Å²) in [4.78, 5) is 27.5. The van der Waals surface area contributed by atoms with Gasteiger partial charge in [-0.15, -0.1) is 0 Å². The van der Waals surface area contributed by atoms with Crippen LogP contribution in [-0.4, -0.2) is 36.6 Å². The third-order valence-electron chi connectivity index (χ3n) is 3.83. The molecule has 6 nitrogen and oxygen atoms in total. The first-order valence-electron chi connectivity index (χ1n) is 7.95. The average molecular weight is 304 g/mol. The second-order valence-electron chi connectivity index (χ2n) is 5.53. The Balaban J connectivity index is 1.49. The van der Waals surface area contributed by atoms with Crippen LogP contribution in [0.15, 0.2) is 24.4 Å². The molecular weight excluding hydrogens is 280 g/mol. The van der Waals surface area contributed by atoms with E-state index in [-0.39, 0.29) is 17.9 Å². The number of aromatic nitrogens is 1. The van der Waals surface area contributed by atoms with E-state index in [1.807, 2.05) is 18.2 Å². The summed E-state index contributed by atoms with van der Waals surface area (Å²) in [5.41, 5.74) is 0.951. The summed E-state index contributed by atoms with van der Waals surface area (Å²) >= 11 is 0. The molecule has 0 spiro atoms. The summed E-state index contributed by atoms with van der Waals surface area (Å²) in [6, 6.07) is 5.50. The molecule has 0 unspecified atom stereocenters.